The molecular weight excluding hydrogens is 231 g/mol. The van der Waals surface area contributed by atoms with E-state index in [0.717, 1.165) is 29.0 Å². The molecule has 0 saturated heterocycles. The lowest BCUT2D eigenvalue weighted by molar-refractivity contribution is 0.392. The third-order valence-electron chi connectivity index (χ3n) is 3.24. The van der Waals surface area contributed by atoms with Crippen molar-refractivity contribution in [2.75, 3.05) is 6.54 Å². The molecule has 1 heterocycles. The van der Waals surface area contributed by atoms with Gasteiger partial charge in [0, 0.05) is 11.5 Å². The molecule has 2 N–H and O–H groups in total. The van der Waals surface area contributed by atoms with E-state index in [1.165, 1.54) is 12.1 Å². The Kier molecular flexibility index (Phi) is 3.77. The molecule has 3 nitrogen and oxygen atoms in total. The van der Waals surface area contributed by atoms with Crippen molar-refractivity contribution in [1.82, 2.24) is 5.16 Å². The number of benzene rings is 1. The Labute approximate surface area is 106 Å². The summed E-state index contributed by atoms with van der Waals surface area (Å²) in [6.07, 6.45) is 0.723. The van der Waals surface area contributed by atoms with Crippen LogP contribution in [0.2, 0.25) is 0 Å². The number of nitrogens with two attached hydrogens (primary N) is 1. The first kappa shape index (κ1) is 12.8. The minimum absolute atomic E-state index is 0.0810. The van der Waals surface area contributed by atoms with Gasteiger partial charge in [0.2, 0.25) is 0 Å². The van der Waals surface area contributed by atoms with E-state index >= 15 is 0 Å². The minimum atomic E-state index is -0.232. The van der Waals surface area contributed by atoms with Gasteiger partial charge in [-0.2, -0.15) is 0 Å². The van der Waals surface area contributed by atoms with Crippen molar-refractivity contribution < 1.29 is 8.91 Å². The molecule has 1 atom stereocenters. The van der Waals surface area contributed by atoms with Crippen LogP contribution in [0.3, 0.4) is 0 Å². The van der Waals surface area contributed by atoms with Gasteiger partial charge >= 0.3 is 0 Å². The van der Waals surface area contributed by atoms with Gasteiger partial charge in [0.1, 0.15) is 11.6 Å². The smallest absolute Gasteiger partial charge is 0.137 e. The molecule has 0 aliphatic carbocycles. The van der Waals surface area contributed by atoms with Gasteiger partial charge in [0.05, 0.1) is 5.69 Å². The van der Waals surface area contributed by atoms with E-state index in [0.29, 0.717) is 6.54 Å². The molecule has 0 fully saturated rings. The molecule has 0 radical (unpaired) electrons. The fourth-order valence-electron chi connectivity index (χ4n) is 2.14. The van der Waals surface area contributed by atoms with Crippen LogP contribution in [0.25, 0.3) is 0 Å². The van der Waals surface area contributed by atoms with Crippen molar-refractivity contribution in [2.45, 2.75) is 26.2 Å². The van der Waals surface area contributed by atoms with Crippen LogP contribution in [0.15, 0.2) is 28.8 Å². The second-order valence-corrected chi connectivity index (χ2v) is 4.49. The van der Waals surface area contributed by atoms with Gasteiger partial charge < -0.3 is 10.3 Å². The average Bonchev–Trinajstić information content (AvgIpc) is 2.66. The molecule has 1 aromatic carbocycles. The first-order chi connectivity index (χ1) is 8.61. The Morgan fingerprint density at radius 1 is 1.39 bits per heavy atom. The Balaban J connectivity index is 2.25. The lowest BCUT2D eigenvalue weighted by atomic mass is 9.91. The molecule has 0 amide bonds. The van der Waals surface area contributed by atoms with Crippen LogP contribution in [0.4, 0.5) is 4.39 Å². The van der Waals surface area contributed by atoms with Crippen molar-refractivity contribution in [1.29, 1.82) is 0 Å². The largest absolute Gasteiger partial charge is 0.361 e. The fraction of sp³-hybridized carbons (Fsp3) is 0.357. The van der Waals surface area contributed by atoms with Crippen LogP contribution < -0.4 is 5.73 Å². The highest BCUT2D eigenvalue weighted by Crippen LogP contribution is 2.24. The van der Waals surface area contributed by atoms with Crippen LogP contribution in [-0.2, 0) is 6.42 Å². The molecule has 18 heavy (non-hydrogen) atoms. The highest BCUT2D eigenvalue weighted by atomic mass is 19.1. The van der Waals surface area contributed by atoms with Crippen LogP contribution in [-0.4, -0.2) is 11.7 Å². The maximum Gasteiger partial charge on any atom is 0.137 e. The molecule has 0 aliphatic rings. The van der Waals surface area contributed by atoms with E-state index in [1.807, 2.05) is 19.9 Å². The molecule has 0 bridgehead atoms. The Morgan fingerprint density at radius 3 is 2.72 bits per heavy atom. The highest BCUT2D eigenvalue weighted by molar-refractivity contribution is 5.28. The van der Waals surface area contributed by atoms with E-state index < -0.39 is 0 Å². The number of hydrogen-bond donors (Lipinski definition) is 1. The number of rotatable bonds is 4. The molecule has 96 valence electrons. The summed E-state index contributed by atoms with van der Waals surface area (Å²) in [4.78, 5) is 0. The van der Waals surface area contributed by atoms with Gasteiger partial charge in [-0.05, 0) is 44.5 Å². The molecule has 2 aromatic rings. The third-order valence-corrected chi connectivity index (χ3v) is 3.24. The molecule has 0 saturated carbocycles. The number of aromatic nitrogens is 1. The Morgan fingerprint density at radius 2 is 2.17 bits per heavy atom. The normalized spacial score (nSPS) is 12.7. The summed E-state index contributed by atoms with van der Waals surface area (Å²) in [7, 11) is 0. The summed E-state index contributed by atoms with van der Waals surface area (Å²) in [5.41, 5.74) is 8.65. The number of nitrogens with zero attached hydrogens (tertiary/aromatic N) is 1. The lowest BCUT2D eigenvalue weighted by Crippen LogP contribution is -2.15. The molecular formula is C14H17FN2O. The molecule has 4 heteroatoms. The van der Waals surface area contributed by atoms with Gasteiger partial charge in [-0.15, -0.1) is 0 Å². The Bertz CT molecular complexity index is 517. The van der Waals surface area contributed by atoms with Crippen molar-refractivity contribution in [3.63, 3.8) is 0 Å². The van der Waals surface area contributed by atoms with E-state index in [2.05, 4.69) is 5.16 Å². The van der Waals surface area contributed by atoms with Crippen LogP contribution in [0.1, 0.15) is 28.5 Å². The van der Waals surface area contributed by atoms with E-state index in [-0.39, 0.29) is 11.7 Å². The zero-order valence-electron chi connectivity index (χ0n) is 10.6. The maximum atomic E-state index is 13.2. The first-order valence-corrected chi connectivity index (χ1v) is 5.99. The summed E-state index contributed by atoms with van der Waals surface area (Å²) in [6, 6.07) is 6.59. The predicted octanol–water partition coefficient (Wildman–Crippen LogP) is 2.72. The maximum absolute atomic E-state index is 13.2. The van der Waals surface area contributed by atoms with Gasteiger partial charge in [-0.1, -0.05) is 17.3 Å². The van der Waals surface area contributed by atoms with Crippen LogP contribution in [0, 0.1) is 19.7 Å². The molecule has 2 rings (SSSR count). The molecule has 1 unspecified atom stereocenters. The standard InChI is InChI=1S/C14H17FN2O/c1-9-14(10(2)18-17-9)7-12(8-16)11-4-3-5-13(15)6-11/h3-6,12H,7-8,16H2,1-2H3. The number of hydrogen-bond acceptors (Lipinski definition) is 3. The van der Waals surface area contributed by atoms with Crippen LogP contribution >= 0.6 is 0 Å². The SMILES string of the molecule is Cc1noc(C)c1CC(CN)c1cccc(F)c1. The summed E-state index contributed by atoms with van der Waals surface area (Å²) < 4.78 is 18.4. The first-order valence-electron chi connectivity index (χ1n) is 5.99. The molecule has 0 spiro atoms. The summed E-state index contributed by atoms with van der Waals surface area (Å²) in [5, 5.41) is 3.92. The van der Waals surface area contributed by atoms with E-state index in [1.54, 1.807) is 6.07 Å². The van der Waals surface area contributed by atoms with Crippen molar-refractivity contribution in [2.24, 2.45) is 5.73 Å². The van der Waals surface area contributed by atoms with Gasteiger partial charge in [0.25, 0.3) is 0 Å². The fourth-order valence-corrected chi connectivity index (χ4v) is 2.14. The number of aryl methyl sites for hydroxylation is 2. The lowest BCUT2D eigenvalue weighted by Gasteiger charge is -2.15. The van der Waals surface area contributed by atoms with Crippen molar-refractivity contribution in [3.8, 4) is 0 Å². The van der Waals surface area contributed by atoms with Crippen LogP contribution in [0.5, 0.6) is 0 Å². The number of halogens is 1. The third kappa shape index (κ3) is 2.59. The quantitative estimate of drug-likeness (QED) is 0.905. The monoisotopic (exact) mass is 248 g/mol. The zero-order valence-corrected chi connectivity index (χ0v) is 10.6. The molecule has 1 aromatic heterocycles. The summed E-state index contributed by atoms with van der Waals surface area (Å²) in [6.45, 7) is 4.26. The van der Waals surface area contributed by atoms with E-state index in [9.17, 15) is 4.39 Å². The zero-order chi connectivity index (χ0) is 13.1. The van der Waals surface area contributed by atoms with Gasteiger partial charge in [0.15, 0.2) is 0 Å². The van der Waals surface area contributed by atoms with Gasteiger partial charge in [-0.25, -0.2) is 4.39 Å². The molecule has 0 aliphatic heterocycles. The minimum Gasteiger partial charge on any atom is -0.361 e. The second kappa shape index (κ2) is 5.31. The van der Waals surface area contributed by atoms with Crippen molar-refractivity contribution >= 4 is 0 Å². The second-order valence-electron chi connectivity index (χ2n) is 4.49. The Hall–Kier alpha value is -1.68. The van der Waals surface area contributed by atoms with Gasteiger partial charge in [-0.3, -0.25) is 0 Å². The highest BCUT2D eigenvalue weighted by Gasteiger charge is 2.17. The average molecular weight is 248 g/mol. The van der Waals surface area contributed by atoms with Crippen molar-refractivity contribution in [3.05, 3.63) is 52.7 Å². The topological polar surface area (TPSA) is 52.0 Å². The summed E-state index contributed by atoms with van der Waals surface area (Å²) in [5.74, 6) is 0.657. The summed E-state index contributed by atoms with van der Waals surface area (Å²) >= 11 is 0. The van der Waals surface area contributed by atoms with E-state index in [4.69, 9.17) is 10.3 Å². The predicted molar refractivity (Wildman–Crippen MR) is 67.9 cm³/mol.